The van der Waals surface area contributed by atoms with Crippen LogP contribution in [-0.2, 0) is 46.3 Å². The number of alkyl carbamates (subject to hydrolysis) is 2. The lowest BCUT2D eigenvalue weighted by molar-refractivity contribution is -0.149. The molecular weight excluding hydrogens is 815 g/mol. The summed E-state index contributed by atoms with van der Waals surface area (Å²) in [5, 5.41) is 8.53. The second-order valence-corrected chi connectivity index (χ2v) is 20.3. The Bertz CT molecular complexity index is 1900. The maximum atomic E-state index is 14.5. The number of nitrogens with zero attached hydrogens (tertiary/aromatic N) is 2. The van der Waals surface area contributed by atoms with Gasteiger partial charge in [0.25, 0.3) is 0 Å². The number of hydrogen-bond acceptors (Lipinski definition) is 9. The van der Waals surface area contributed by atoms with Crippen molar-refractivity contribution in [3.8, 4) is 0 Å². The Morgan fingerprint density at radius 3 is 1.75 bits per heavy atom. The smallest absolute Gasteiger partial charge is 0.408 e. The molecule has 14 heteroatoms. The lowest BCUT2D eigenvalue weighted by Crippen LogP contribution is -2.61. The van der Waals surface area contributed by atoms with Gasteiger partial charge in [-0.15, -0.1) is 0 Å². The second-order valence-electron chi connectivity index (χ2n) is 20.3. The number of amides is 5. The maximum absolute atomic E-state index is 14.5. The van der Waals surface area contributed by atoms with E-state index in [4.69, 9.17) is 9.47 Å². The molecule has 3 N–H and O–H groups in total. The summed E-state index contributed by atoms with van der Waals surface area (Å²) in [5.74, 6) is -2.76. The molecule has 0 radical (unpaired) electrons. The molecule has 2 aromatic carbocycles. The fourth-order valence-electron chi connectivity index (χ4n) is 8.48. The average molecular weight is 888 g/mol. The lowest BCUT2D eigenvalue weighted by atomic mass is 9.77. The monoisotopic (exact) mass is 888 g/mol. The summed E-state index contributed by atoms with van der Waals surface area (Å²) < 4.78 is 10.9. The Labute approximate surface area is 380 Å². The van der Waals surface area contributed by atoms with Gasteiger partial charge in [0.15, 0.2) is 11.6 Å². The van der Waals surface area contributed by atoms with E-state index < -0.39 is 53.2 Å². The van der Waals surface area contributed by atoms with Crippen molar-refractivity contribution >= 4 is 41.5 Å². The van der Waals surface area contributed by atoms with E-state index in [0.717, 1.165) is 17.5 Å². The number of unbranched alkanes of at least 4 members (excludes halogenated alkanes) is 1. The largest absolute Gasteiger partial charge is 0.444 e. The number of ketones is 2. The minimum absolute atomic E-state index is 0.00615. The van der Waals surface area contributed by atoms with Crippen LogP contribution in [0.2, 0.25) is 0 Å². The van der Waals surface area contributed by atoms with E-state index in [1.165, 1.54) is 0 Å². The number of likely N-dealkylation sites (tertiary alicyclic amines) is 2. The van der Waals surface area contributed by atoms with Crippen molar-refractivity contribution in [3.05, 3.63) is 71.8 Å². The van der Waals surface area contributed by atoms with Crippen LogP contribution in [0.3, 0.4) is 0 Å². The number of carbonyl (C=O) groups excluding carboxylic acids is 7. The van der Waals surface area contributed by atoms with Gasteiger partial charge in [-0.1, -0.05) is 80.9 Å². The zero-order valence-corrected chi connectivity index (χ0v) is 39.6. The molecule has 64 heavy (non-hydrogen) atoms. The van der Waals surface area contributed by atoms with Crippen LogP contribution in [0.25, 0.3) is 0 Å². The first kappa shape index (κ1) is 51.4. The Hall–Kier alpha value is -5.27. The summed E-state index contributed by atoms with van der Waals surface area (Å²) in [6.07, 6.45) is 1.46. The molecule has 0 unspecified atom stereocenters. The molecule has 14 nitrogen and oxygen atoms in total. The van der Waals surface area contributed by atoms with Gasteiger partial charge in [-0.25, -0.2) is 9.59 Å². The number of hydrogen-bond donors (Lipinski definition) is 3. The number of Topliss-reactive ketones (excluding diaryl/α,β-unsaturated/α-hetero) is 2. The van der Waals surface area contributed by atoms with E-state index in [9.17, 15) is 33.6 Å². The van der Waals surface area contributed by atoms with Crippen LogP contribution in [0.1, 0.15) is 118 Å². The SMILES string of the molecule is CC(=O)N1CCC2(C1)CN(C(=O)[C@@H](CCCCNC(=O)OC(C)(C)C)CC(=O)[C@@H](CC(C)C)NC(=O)[C@H](CC(=O)[C@@H](Cc1ccccc1)NC(=O)OC(C)(C)C)Cc1ccccc1)C2. The van der Waals surface area contributed by atoms with Gasteiger partial charge in [-0.2, -0.15) is 0 Å². The van der Waals surface area contributed by atoms with Crippen LogP contribution >= 0.6 is 0 Å². The number of carbonyl (C=O) groups is 7. The Kier molecular flexibility index (Phi) is 18.5. The molecule has 0 aliphatic carbocycles. The third-order valence-electron chi connectivity index (χ3n) is 11.6. The molecule has 0 aromatic heterocycles. The Morgan fingerprint density at radius 2 is 1.20 bits per heavy atom. The quantitative estimate of drug-likeness (QED) is 0.113. The molecule has 2 aliphatic rings. The summed E-state index contributed by atoms with van der Waals surface area (Å²) in [7, 11) is 0. The Balaban J connectivity index is 1.53. The molecule has 2 aliphatic heterocycles. The van der Waals surface area contributed by atoms with Gasteiger partial charge < -0.3 is 35.2 Å². The zero-order chi connectivity index (χ0) is 47.2. The summed E-state index contributed by atoms with van der Waals surface area (Å²) in [6, 6.07) is 16.7. The van der Waals surface area contributed by atoms with E-state index in [0.29, 0.717) is 58.4 Å². The van der Waals surface area contributed by atoms with E-state index >= 15 is 0 Å². The van der Waals surface area contributed by atoms with E-state index in [2.05, 4.69) is 16.0 Å². The maximum Gasteiger partial charge on any atom is 0.408 e. The topological polar surface area (TPSA) is 181 Å². The van der Waals surface area contributed by atoms with Crippen molar-refractivity contribution in [1.82, 2.24) is 25.8 Å². The fourth-order valence-corrected chi connectivity index (χ4v) is 8.48. The molecule has 2 fully saturated rings. The number of rotatable bonds is 21. The van der Waals surface area contributed by atoms with Crippen molar-refractivity contribution < 1.29 is 43.0 Å². The summed E-state index contributed by atoms with van der Waals surface area (Å²) in [6.45, 7) is 18.7. The Morgan fingerprint density at radius 1 is 0.672 bits per heavy atom. The van der Waals surface area contributed by atoms with Crippen LogP contribution in [0.5, 0.6) is 0 Å². The van der Waals surface area contributed by atoms with Gasteiger partial charge >= 0.3 is 12.2 Å². The highest BCUT2D eigenvalue weighted by molar-refractivity contribution is 5.95. The van der Waals surface area contributed by atoms with Crippen LogP contribution in [0.15, 0.2) is 60.7 Å². The molecule has 352 valence electrons. The molecule has 4 atom stereocenters. The van der Waals surface area contributed by atoms with Gasteiger partial charge in [-0.05, 0) is 97.1 Å². The molecule has 0 saturated carbocycles. The predicted octanol–water partition coefficient (Wildman–Crippen LogP) is 6.82. The number of benzene rings is 2. The van der Waals surface area contributed by atoms with Crippen molar-refractivity contribution in [1.29, 1.82) is 0 Å². The first-order valence-electron chi connectivity index (χ1n) is 23.0. The third-order valence-corrected chi connectivity index (χ3v) is 11.6. The van der Waals surface area contributed by atoms with Gasteiger partial charge in [0.05, 0.1) is 12.1 Å². The minimum Gasteiger partial charge on any atom is -0.444 e. The molecule has 4 rings (SSSR count). The molecule has 1 spiro atoms. The molecular formula is C50H73N5O9. The van der Waals surface area contributed by atoms with E-state index in [1.807, 2.05) is 79.4 Å². The summed E-state index contributed by atoms with van der Waals surface area (Å²) in [5.41, 5.74) is 0.0676. The fraction of sp³-hybridized carbons (Fsp3) is 0.620. The highest BCUT2D eigenvalue weighted by atomic mass is 16.6. The van der Waals surface area contributed by atoms with Gasteiger partial charge in [0.1, 0.15) is 11.2 Å². The molecule has 2 aromatic rings. The summed E-state index contributed by atoms with van der Waals surface area (Å²) in [4.78, 5) is 98.4. The third kappa shape index (κ3) is 17.0. The average Bonchev–Trinajstić information content (AvgIpc) is 3.65. The normalized spacial score (nSPS) is 16.5. The first-order chi connectivity index (χ1) is 30.0. The van der Waals surface area contributed by atoms with Crippen LogP contribution in [0, 0.1) is 23.2 Å². The number of ether oxygens (including phenoxy) is 2. The molecule has 2 saturated heterocycles. The second kappa shape index (κ2) is 23.1. The van der Waals surface area contributed by atoms with Gasteiger partial charge in [-0.3, -0.25) is 24.0 Å². The van der Waals surface area contributed by atoms with Crippen molar-refractivity contribution in [2.24, 2.45) is 23.2 Å². The van der Waals surface area contributed by atoms with Crippen LogP contribution in [0.4, 0.5) is 9.59 Å². The zero-order valence-electron chi connectivity index (χ0n) is 39.6. The predicted molar refractivity (Wildman–Crippen MR) is 245 cm³/mol. The first-order valence-corrected chi connectivity index (χ1v) is 23.0. The van der Waals surface area contributed by atoms with Crippen LogP contribution in [-0.4, -0.2) is 107 Å². The number of nitrogens with one attached hydrogen (secondary N) is 3. The van der Waals surface area contributed by atoms with E-state index in [-0.39, 0.29) is 60.4 Å². The van der Waals surface area contributed by atoms with Crippen molar-refractivity contribution in [3.63, 3.8) is 0 Å². The minimum atomic E-state index is -0.988. The lowest BCUT2D eigenvalue weighted by Gasteiger charge is -2.49. The van der Waals surface area contributed by atoms with Crippen molar-refractivity contribution in [2.75, 3.05) is 32.7 Å². The molecule has 0 bridgehead atoms. The molecule has 5 amide bonds. The molecule has 2 heterocycles. The summed E-state index contributed by atoms with van der Waals surface area (Å²) >= 11 is 0. The van der Waals surface area contributed by atoms with Crippen LogP contribution < -0.4 is 16.0 Å². The van der Waals surface area contributed by atoms with E-state index in [1.54, 1.807) is 53.4 Å². The van der Waals surface area contributed by atoms with Gasteiger partial charge in [0, 0.05) is 69.7 Å². The van der Waals surface area contributed by atoms with Gasteiger partial charge in [0.2, 0.25) is 17.7 Å². The standard InChI is InChI=1S/C50H73N5O9/c1-34(2)26-40(42(57)29-38(22-16-17-24-51-46(61)63-48(4,5)6)45(60)55-32-50(33-55)23-25-54(31-50)35(3)56)52-44(59)39(27-36-18-12-10-13-19-36)30-43(58)41(28-37-20-14-11-15-21-37)53-47(62)64-49(7,8)9/h10-15,18-21,34,38-41H,16-17,22-33H2,1-9H3,(H,51,61)(H,52,59)(H,53,62)/t38-,39-,40+,41+/m0/s1. The highest BCUT2D eigenvalue weighted by Gasteiger charge is 2.50. The van der Waals surface area contributed by atoms with Crippen molar-refractivity contribution in [2.45, 2.75) is 143 Å². The highest BCUT2D eigenvalue weighted by Crippen LogP contribution is 2.41.